The molecule has 3 rings (SSSR count). The molecule has 98 valence electrons. The summed E-state index contributed by atoms with van der Waals surface area (Å²) in [6.45, 7) is 4.13. The summed E-state index contributed by atoms with van der Waals surface area (Å²) in [6, 6.07) is 8.45. The van der Waals surface area contributed by atoms with E-state index in [0.29, 0.717) is 5.92 Å². The summed E-state index contributed by atoms with van der Waals surface area (Å²) >= 11 is 0. The highest BCUT2D eigenvalue weighted by Gasteiger charge is 2.55. The van der Waals surface area contributed by atoms with E-state index in [1.807, 2.05) is 12.1 Å². The van der Waals surface area contributed by atoms with Gasteiger partial charge in [-0.25, -0.2) is 0 Å². The molecule has 0 heterocycles. The predicted molar refractivity (Wildman–Crippen MR) is 73.5 cm³/mol. The van der Waals surface area contributed by atoms with Gasteiger partial charge in [0.15, 0.2) is 0 Å². The Kier molecular flexibility index (Phi) is 3.06. The van der Waals surface area contributed by atoms with E-state index in [-0.39, 0.29) is 12.1 Å². The second-order valence-corrected chi connectivity index (χ2v) is 6.07. The predicted octanol–water partition coefficient (Wildman–Crippen LogP) is 3.52. The summed E-state index contributed by atoms with van der Waals surface area (Å²) in [4.78, 5) is 0. The van der Waals surface area contributed by atoms with Crippen molar-refractivity contribution in [3.8, 4) is 5.75 Å². The first kappa shape index (κ1) is 12.0. The Balaban J connectivity index is 1.79. The lowest BCUT2D eigenvalue weighted by atomic mass is 9.97. The van der Waals surface area contributed by atoms with Crippen molar-refractivity contribution >= 4 is 0 Å². The van der Waals surface area contributed by atoms with Crippen LogP contribution in [0.1, 0.15) is 44.7 Å². The van der Waals surface area contributed by atoms with Crippen molar-refractivity contribution in [3.63, 3.8) is 0 Å². The Morgan fingerprint density at radius 3 is 2.50 bits per heavy atom. The summed E-state index contributed by atoms with van der Waals surface area (Å²) in [5.74, 6) is 3.47. The number of hydrogen-bond acceptors (Lipinski definition) is 2. The number of rotatable bonds is 4. The van der Waals surface area contributed by atoms with E-state index in [9.17, 15) is 0 Å². The maximum absolute atomic E-state index is 6.49. The highest BCUT2D eigenvalue weighted by molar-refractivity contribution is 5.37. The normalized spacial score (nSPS) is 31.2. The summed E-state index contributed by atoms with van der Waals surface area (Å²) < 4.78 is 5.89. The third kappa shape index (κ3) is 2.03. The topological polar surface area (TPSA) is 35.2 Å². The van der Waals surface area contributed by atoms with Gasteiger partial charge in [0.1, 0.15) is 5.75 Å². The molecule has 3 unspecified atom stereocenters. The molecule has 2 aliphatic rings. The monoisotopic (exact) mass is 245 g/mol. The van der Waals surface area contributed by atoms with Crippen molar-refractivity contribution < 1.29 is 4.74 Å². The van der Waals surface area contributed by atoms with Crippen molar-refractivity contribution in [1.82, 2.24) is 0 Å². The fourth-order valence-corrected chi connectivity index (χ4v) is 3.73. The maximum Gasteiger partial charge on any atom is 0.124 e. The second-order valence-electron chi connectivity index (χ2n) is 6.07. The zero-order valence-corrected chi connectivity index (χ0v) is 11.3. The van der Waals surface area contributed by atoms with Crippen LogP contribution in [0.5, 0.6) is 5.75 Å². The molecule has 2 fully saturated rings. The second kappa shape index (κ2) is 4.58. The maximum atomic E-state index is 6.49. The first-order valence-corrected chi connectivity index (χ1v) is 7.19. The van der Waals surface area contributed by atoms with Crippen LogP contribution in [0.4, 0.5) is 0 Å². The van der Waals surface area contributed by atoms with Gasteiger partial charge in [-0.1, -0.05) is 24.6 Å². The van der Waals surface area contributed by atoms with Gasteiger partial charge in [-0.2, -0.15) is 0 Å². The lowest BCUT2D eigenvalue weighted by Gasteiger charge is -2.20. The van der Waals surface area contributed by atoms with Crippen LogP contribution < -0.4 is 10.5 Å². The zero-order chi connectivity index (χ0) is 12.7. The fraction of sp³-hybridized carbons (Fsp3) is 0.625. The van der Waals surface area contributed by atoms with E-state index in [1.54, 1.807) is 0 Å². The standard InChI is InChI=1S/C16H23NO/c1-10(2)18-14-9-4-3-6-13(14)16(17)15-11-7-5-8-12(11)15/h3-4,6,9-12,15-16H,5,7-8,17H2,1-2H3. The van der Waals surface area contributed by atoms with E-state index in [2.05, 4.69) is 26.0 Å². The average molecular weight is 245 g/mol. The molecule has 0 saturated heterocycles. The molecule has 1 aromatic carbocycles. The minimum absolute atomic E-state index is 0.162. The molecule has 0 amide bonds. The van der Waals surface area contributed by atoms with Crippen LogP contribution in [0.2, 0.25) is 0 Å². The molecule has 1 aromatic rings. The first-order chi connectivity index (χ1) is 8.68. The highest BCUT2D eigenvalue weighted by atomic mass is 16.5. The third-order valence-corrected chi connectivity index (χ3v) is 4.53. The van der Waals surface area contributed by atoms with Gasteiger partial charge >= 0.3 is 0 Å². The van der Waals surface area contributed by atoms with Crippen molar-refractivity contribution in [1.29, 1.82) is 0 Å². The van der Waals surface area contributed by atoms with Crippen LogP contribution in [-0.2, 0) is 0 Å². The summed E-state index contributed by atoms with van der Waals surface area (Å²) in [5, 5.41) is 0. The smallest absolute Gasteiger partial charge is 0.124 e. The number of benzene rings is 1. The lowest BCUT2D eigenvalue weighted by Crippen LogP contribution is -2.18. The molecule has 2 N–H and O–H groups in total. The van der Waals surface area contributed by atoms with Gasteiger partial charge in [0.05, 0.1) is 6.10 Å². The van der Waals surface area contributed by atoms with Gasteiger partial charge in [-0.05, 0) is 50.5 Å². The van der Waals surface area contributed by atoms with Crippen molar-refractivity contribution in [2.24, 2.45) is 23.5 Å². The van der Waals surface area contributed by atoms with Gasteiger partial charge in [-0.3, -0.25) is 0 Å². The molecule has 2 nitrogen and oxygen atoms in total. The Bertz CT molecular complexity index is 419. The SMILES string of the molecule is CC(C)Oc1ccccc1C(N)C1C2CCCC21. The molecule has 3 atom stereocenters. The van der Waals surface area contributed by atoms with E-state index in [1.165, 1.54) is 24.8 Å². The van der Waals surface area contributed by atoms with Gasteiger partial charge in [0.2, 0.25) is 0 Å². The Labute approximate surface area is 110 Å². The Morgan fingerprint density at radius 2 is 1.83 bits per heavy atom. The van der Waals surface area contributed by atoms with Gasteiger partial charge in [-0.15, -0.1) is 0 Å². The number of para-hydroxylation sites is 1. The molecular weight excluding hydrogens is 222 g/mol. The molecule has 18 heavy (non-hydrogen) atoms. The summed E-state index contributed by atoms with van der Waals surface area (Å²) in [6.07, 6.45) is 4.38. The number of hydrogen-bond donors (Lipinski definition) is 1. The summed E-state index contributed by atoms with van der Waals surface area (Å²) in [5.41, 5.74) is 7.69. The van der Waals surface area contributed by atoms with Gasteiger partial charge < -0.3 is 10.5 Å². The van der Waals surface area contributed by atoms with Crippen LogP contribution in [-0.4, -0.2) is 6.10 Å². The number of fused-ring (bicyclic) bond motifs is 1. The van der Waals surface area contributed by atoms with E-state index < -0.39 is 0 Å². The molecule has 2 aliphatic carbocycles. The van der Waals surface area contributed by atoms with Crippen LogP contribution in [0.25, 0.3) is 0 Å². The van der Waals surface area contributed by atoms with Crippen LogP contribution >= 0.6 is 0 Å². The fourth-order valence-electron chi connectivity index (χ4n) is 3.73. The molecule has 0 spiro atoms. The zero-order valence-electron chi connectivity index (χ0n) is 11.3. The Hall–Kier alpha value is -1.02. The first-order valence-electron chi connectivity index (χ1n) is 7.19. The minimum atomic E-state index is 0.162. The largest absolute Gasteiger partial charge is 0.491 e. The van der Waals surface area contributed by atoms with E-state index in [4.69, 9.17) is 10.5 Å². The quantitative estimate of drug-likeness (QED) is 0.881. The Morgan fingerprint density at radius 1 is 1.17 bits per heavy atom. The number of nitrogens with two attached hydrogens (primary N) is 1. The molecule has 0 aliphatic heterocycles. The van der Waals surface area contributed by atoms with E-state index >= 15 is 0 Å². The molecule has 2 heteroatoms. The third-order valence-electron chi connectivity index (χ3n) is 4.53. The van der Waals surface area contributed by atoms with Crippen molar-refractivity contribution in [2.45, 2.75) is 45.3 Å². The molecule has 0 bridgehead atoms. The minimum Gasteiger partial charge on any atom is -0.491 e. The molecular formula is C16H23NO. The van der Waals surface area contributed by atoms with Crippen LogP contribution in [0, 0.1) is 17.8 Å². The molecule has 0 radical (unpaired) electrons. The van der Waals surface area contributed by atoms with Crippen molar-refractivity contribution in [2.75, 3.05) is 0 Å². The van der Waals surface area contributed by atoms with E-state index in [0.717, 1.165) is 17.6 Å². The van der Waals surface area contributed by atoms with Crippen LogP contribution in [0.3, 0.4) is 0 Å². The lowest BCUT2D eigenvalue weighted by molar-refractivity contribution is 0.237. The number of ether oxygens (including phenoxy) is 1. The van der Waals surface area contributed by atoms with Crippen molar-refractivity contribution in [3.05, 3.63) is 29.8 Å². The summed E-state index contributed by atoms with van der Waals surface area (Å²) in [7, 11) is 0. The molecule has 2 saturated carbocycles. The average Bonchev–Trinajstić information content (AvgIpc) is 2.81. The van der Waals surface area contributed by atoms with Gasteiger partial charge in [0.25, 0.3) is 0 Å². The highest BCUT2D eigenvalue weighted by Crippen LogP contribution is 2.62. The van der Waals surface area contributed by atoms with Gasteiger partial charge in [0, 0.05) is 11.6 Å². The van der Waals surface area contributed by atoms with Crippen LogP contribution in [0.15, 0.2) is 24.3 Å². The molecule has 0 aromatic heterocycles.